The molecular weight excluding hydrogens is 256 g/mol. The number of aromatic carboxylic acids is 1. The molecule has 0 fully saturated rings. The lowest BCUT2D eigenvalue weighted by Crippen LogP contribution is -2.16. The van der Waals surface area contributed by atoms with Crippen molar-refractivity contribution in [3.8, 4) is 0 Å². The van der Waals surface area contributed by atoms with Crippen molar-refractivity contribution in [2.24, 2.45) is 0 Å². The first kappa shape index (κ1) is 13.4. The Bertz CT molecular complexity index is 556. The summed E-state index contributed by atoms with van der Waals surface area (Å²) >= 11 is 0. The fourth-order valence-electron chi connectivity index (χ4n) is 1.03. The second kappa shape index (κ2) is 4.66. The van der Waals surface area contributed by atoms with E-state index in [-0.39, 0.29) is 5.75 Å². The topological polar surface area (TPSA) is 83.5 Å². The summed E-state index contributed by atoms with van der Waals surface area (Å²) in [5, 5.41) is 8.60. The molecular formula is C9H9F2NO4S. The lowest BCUT2D eigenvalue weighted by Gasteiger charge is -2.08. The molecule has 0 spiro atoms. The van der Waals surface area contributed by atoms with E-state index in [1.807, 2.05) is 4.72 Å². The van der Waals surface area contributed by atoms with Crippen molar-refractivity contribution in [1.29, 1.82) is 0 Å². The molecule has 1 aromatic carbocycles. The lowest BCUT2D eigenvalue weighted by atomic mass is 10.2. The van der Waals surface area contributed by atoms with Gasteiger partial charge in [0.05, 0.1) is 17.0 Å². The summed E-state index contributed by atoms with van der Waals surface area (Å²) in [6, 6.07) is 0.914. The Morgan fingerprint density at radius 3 is 2.41 bits per heavy atom. The number of hydrogen-bond acceptors (Lipinski definition) is 3. The third kappa shape index (κ3) is 3.13. The van der Waals surface area contributed by atoms with Gasteiger partial charge in [-0.1, -0.05) is 0 Å². The largest absolute Gasteiger partial charge is 0.478 e. The number of rotatable bonds is 4. The van der Waals surface area contributed by atoms with Gasteiger partial charge in [-0.2, -0.15) is 0 Å². The van der Waals surface area contributed by atoms with Crippen LogP contribution in [0.5, 0.6) is 0 Å². The zero-order chi connectivity index (χ0) is 13.2. The minimum absolute atomic E-state index is 0.313. The number of carbonyl (C=O) groups is 1. The molecule has 94 valence electrons. The Hall–Kier alpha value is -1.70. The number of nitrogens with one attached hydrogen (secondary N) is 1. The third-order valence-electron chi connectivity index (χ3n) is 1.93. The first-order valence-corrected chi connectivity index (χ1v) is 6.15. The van der Waals surface area contributed by atoms with Gasteiger partial charge in [-0.05, 0) is 13.0 Å². The molecule has 8 heteroatoms. The molecule has 0 amide bonds. The van der Waals surface area contributed by atoms with Crippen molar-refractivity contribution in [2.75, 3.05) is 10.5 Å². The van der Waals surface area contributed by atoms with Crippen LogP contribution in [0.2, 0.25) is 0 Å². The van der Waals surface area contributed by atoms with Crippen LogP contribution in [0.25, 0.3) is 0 Å². The lowest BCUT2D eigenvalue weighted by molar-refractivity contribution is 0.0692. The number of carboxylic acids is 1. The van der Waals surface area contributed by atoms with E-state index in [2.05, 4.69) is 0 Å². The van der Waals surface area contributed by atoms with Crippen LogP contribution in [-0.4, -0.2) is 25.2 Å². The fourth-order valence-corrected chi connectivity index (χ4v) is 1.67. The van der Waals surface area contributed by atoms with Crippen molar-refractivity contribution in [1.82, 2.24) is 0 Å². The minimum atomic E-state index is -3.76. The highest BCUT2D eigenvalue weighted by molar-refractivity contribution is 7.92. The molecule has 0 aromatic heterocycles. The first-order chi connectivity index (χ1) is 7.76. The highest BCUT2D eigenvalue weighted by Gasteiger charge is 2.17. The smallest absolute Gasteiger partial charge is 0.338 e. The maximum Gasteiger partial charge on any atom is 0.338 e. The quantitative estimate of drug-likeness (QED) is 0.862. The molecule has 0 saturated heterocycles. The number of halogens is 2. The van der Waals surface area contributed by atoms with Gasteiger partial charge in [0.1, 0.15) is 11.6 Å². The van der Waals surface area contributed by atoms with Gasteiger partial charge in [-0.25, -0.2) is 22.0 Å². The molecule has 1 rings (SSSR count). The standard InChI is InChI=1S/C9H9F2NO4S/c1-2-17(15,16)12-8-3-5(9(13)14)6(10)4-7(8)11/h3-4,12H,2H2,1H3,(H,13,14). The first-order valence-electron chi connectivity index (χ1n) is 4.49. The molecule has 0 radical (unpaired) electrons. The Balaban J connectivity index is 3.26. The van der Waals surface area contributed by atoms with Gasteiger partial charge in [-0.15, -0.1) is 0 Å². The minimum Gasteiger partial charge on any atom is -0.478 e. The summed E-state index contributed by atoms with van der Waals surface area (Å²) in [7, 11) is -3.76. The highest BCUT2D eigenvalue weighted by atomic mass is 32.2. The van der Waals surface area contributed by atoms with E-state index < -0.39 is 38.9 Å². The van der Waals surface area contributed by atoms with E-state index in [4.69, 9.17) is 5.11 Å². The third-order valence-corrected chi connectivity index (χ3v) is 3.22. The van der Waals surface area contributed by atoms with Gasteiger partial charge in [0.15, 0.2) is 0 Å². The zero-order valence-corrected chi connectivity index (χ0v) is 9.51. The molecule has 0 aliphatic carbocycles. The summed E-state index contributed by atoms with van der Waals surface area (Å²) in [5.41, 5.74) is -1.40. The Kier molecular flexibility index (Phi) is 3.66. The molecule has 0 heterocycles. The molecule has 0 unspecified atom stereocenters. The van der Waals surface area contributed by atoms with Gasteiger partial charge in [0, 0.05) is 6.07 Å². The van der Waals surface area contributed by atoms with Crippen molar-refractivity contribution < 1.29 is 27.1 Å². The number of hydrogen-bond donors (Lipinski definition) is 2. The van der Waals surface area contributed by atoms with E-state index in [1.54, 1.807) is 0 Å². The maximum absolute atomic E-state index is 13.2. The van der Waals surface area contributed by atoms with Crippen LogP contribution < -0.4 is 4.72 Å². The second-order valence-corrected chi connectivity index (χ2v) is 5.13. The SMILES string of the molecule is CCS(=O)(=O)Nc1cc(C(=O)O)c(F)cc1F. The van der Waals surface area contributed by atoms with Crippen LogP contribution >= 0.6 is 0 Å². The summed E-state index contributed by atoms with van der Waals surface area (Å²) < 4.78 is 50.4. The van der Waals surface area contributed by atoms with Crippen molar-refractivity contribution in [3.63, 3.8) is 0 Å². The van der Waals surface area contributed by atoms with Gasteiger partial charge < -0.3 is 5.11 Å². The zero-order valence-electron chi connectivity index (χ0n) is 8.70. The van der Waals surface area contributed by atoms with E-state index >= 15 is 0 Å². The van der Waals surface area contributed by atoms with Crippen LogP contribution in [-0.2, 0) is 10.0 Å². The molecule has 0 atom stereocenters. The molecule has 1 aromatic rings. The Morgan fingerprint density at radius 2 is 1.94 bits per heavy atom. The van der Waals surface area contributed by atoms with Crippen LogP contribution in [0, 0.1) is 11.6 Å². The fraction of sp³-hybridized carbons (Fsp3) is 0.222. The molecule has 5 nitrogen and oxygen atoms in total. The number of anilines is 1. The summed E-state index contributed by atoms with van der Waals surface area (Å²) in [4.78, 5) is 10.6. The van der Waals surface area contributed by atoms with Crippen LogP contribution in [0.4, 0.5) is 14.5 Å². The number of carboxylic acid groups (broad SMARTS) is 1. The van der Waals surface area contributed by atoms with Crippen LogP contribution in [0.15, 0.2) is 12.1 Å². The van der Waals surface area contributed by atoms with Gasteiger partial charge in [-0.3, -0.25) is 4.72 Å². The summed E-state index contributed by atoms with van der Waals surface area (Å²) in [6.45, 7) is 1.32. The predicted octanol–water partition coefficient (Wildman–Crippen LogP) is 1.42. The van der Waals surface area contributed by atoms with E-state index in [0.717, 1.165) is 0 Å². The Labute approximate surface area is 96.1 Å². The summed E-state index contributed by atoms with van der Waals surface area (Å²) in [6.07, 6.45) is 0. The van der Waals surface area contributed by atoms with Crippen molar-refractivity contribution in [3.05, 3.63) is 29.3 Å². The van der Waals surface area contributed by atoms with E-state index in [0.29, 0.717) is 12.1 Å². The molecule has 2 N–H and O–H groups in total. The molecule has 0 aliphatic rings. The number of benzene rings is 1. The number of sulfonamides is 1. The van der Waals surface area contributed by atoms with Gasteiger partial charge in [0.2, 0.25) is 10.0 Å². The molecule has 0 saturated carbocycles. The molecule has 17 heavy (non-hydrogen) atoms. The second-order valence-electron chi connectivity index (χ2n) is 3.12. The molecule has 0 aliphatic heterocycles. The summed E-state index contributed by atoms with van der Waals surface area (Å²) in [5.74, 6) is -4.37. The average Bonchev–Trinajstić information content (AvgIpc) is 2.21. The van der Waals surface area contributed by atoms with Gasteiger partial charge >= 0.3 is 5.97 Å². The van der Waals surface area contributed by atoms with Crippen molar-refractivity contribution in [2.45, 2.75) is 6.92 Å². The van der Waals surface area contributed by atoms with E-state index in [1.165, 1.54) is 6.92 Å². The maximum atomic E-state index is 13.2. The van der Waals surface area contributed by atoms with Crippen molar-refractivity contribution >= 4 is 21.7 Å². The van der Waals surface area contributed by atoms with E-state index in [9.17, 15) is 22.0 Å². The van der Waals surface area contributed by atoms with Gasteiger partial charge in [0.25, 0.3) is 0 Å². The molecule has 0 bridgehead atoms. The predicted molar refractivity (Wildman–Crippen MR) is 56.4 cm³/mol. The Morgan fingerprint density at radius 1 is 1.35 bits per heavy atom. The normalized spacial score (nSPS) is 11.2. The van der Waals surface area contributed by atoms with Crippen LogP contribution in [0.1, 0.15) is 17.3 Å². The monoisotopic (exact) mass is 265 g/mol. The average molecular weight is 265 g/mol. The highest BCUT2D eigenvalue weighted by Crippen LogP contribution is 2.20. The van der Waals surface area contributed by atoms with Crippen LogP contribution in [0.3, 0.4) is 0 Å².